The Labute approximate surface area is 129 Å². The molecule has 1 heterocycles. The molecule has 0 saturated heterocycles. The van der Waals surface area contributed by atoms with E-state index in [-0.39, 0.29) is 12.6 Å². The first-order valence-corrected chi connectivity index (χ1v) is 7.02. The van der Waals surface area contributed by atoms with E-state index in [9.17, 15) is 9.90 Å². The third-order valence-corrected chi connectivity index (χ3v) is 3.14. The Hall–Kier alpha value is -2.41. The molecule has 1 aromatic carbocycles. The number of urea groups is 1. The highest BCUT2D eigenvalue weighted by molar-refractivity contribution is 5.90. The lowest BCUT2D eigenvalue weighted by atomic mass is 10.1. The number of aryl methyl sites for hydroxylation is 2. The largest absolute Gasteiger partial charge is 0.382 e. The van der Waals surface area contributed by atoms with Crippen molar-refractivity contribution in [3.63, 3.8) is 0 Å². The number of hydrogen-bond acceptors (Lipinski definition) is 4. The van der Waals surface area contributed by atoms with Crippen molar-refractivity contribution in [3.05, 3.63) is 41.0 Å². The summed E-state index contributed by atoms with van der Waals surface area (Å²) in [5, 5.41) is 21.9. The highest BCUT2D eigenvalue weighted by atomic mass is 16.3. The van der Waals surface area contributed by atoms with E-state index in [2.05, 4.69) is 25.8 Å². The van der Waals surface area contributed by atoms with Gasteiger partial charge >= 0.3 is 6.03 Å². The summed E-state index contributed by atoms with van der Waals surface area (Å²) in [6, 6.07) is 5.53. The number of amides is 2. The number of aromatic amines is 1. The van der Waals surface area contributed by atoms with Crippen molar-refractivity contribution in [1.29, 1.82) is 0 Å². The summed E-state index contributed by atoms with van der Waals surface area (Å²) in [5.74, 6) is 0.771. The molecular formula is C15H21N5O2. The van der Waals surface area contributed by atoms with Crippen LogP contribution in [0.3, 0.4) is 0 Å². The molecule has 2 amide bonds. The van der Waals surface area contributed by atoms with Gasteiger partial charge in [0.05, 0.1) is 6.54 Å². The summed E-state index contributed by atoms with van der Waals surface area (Å²) < 4.78 is 0. The number of carbonyl (C=O) groups is 1. The van der Waals surface area contributed by atoms with E-state index in [0.29, 0.717) is 11.6 Å². The van der Waals surface area contributed by atoms with E-state index in [4.69, 9.17) is 0 Å². The number of benzene rings is 1. The van der Waals surface area contributed by atoms with Gasteiger partial charge in [0.15, 0.2) is 5.82 Å². The molecule has 0 aliphatic carbocycles. The minimum atomic E-state index is -1.12. The molecule has 1 aromatic heterocycles. The van der Waals surface area contributed by atoms with Crippen LogP contribution in [0.4, 0.5) is 10.5 Å². The molecule has 0 aliphatic rings. The first-order valence-electron chi connectivity index (χ1n) is 7.02. The van der Waals surface area contributed by atoms with Crippen LogP contribution in [-0.4, -0.2) is 26.3 Å². The van der Waals surface area contributed by atoms with Crippen LogP contribution < -0.4 is 10.6 Å². The molecule has 0 bridgehead atoms. The number of hydrogen-bond donors (Lipinski definition) is 4. The lowest BCUT2D eigenvalue weighted by Gasteiger charge is -2.11. The third kappa shape index (κ3) is 4.05. The number of rotatable bonds is 4. The molecule has 22 heavy (non-hydrogen) atoms. The second-order valence-corrected chi connectivity index (χ2v) is 5.79. The highest BCUT2D eigenvalue weighted by Crippen LogP contribution is 2.16. The lowest BCUT2D eigenvalue weighted by Crippen LogP contribution is -2.29. The Morgan fingerprint density at radius 2 is 2.09 bits per heavy atom. The van der Waals surface area contributed by atoms with Crippen molar-refractivity contribution in [1.82, 2.24) is 20.5 Å². The van der Waals surface area contributed by atoms with Crippen molar-refractivity contribution >= 4 is 11.7 Å². The molecule has 0 atom stereocenters. The molecule has 4 N–H and O–H groups in total. The van der Waals surface area contributed by atoms with E-state index in [0.717, 1.165) is 16.8 Å². The smallest absolute Gasteiger partial charge is 0.319 e. The van der Waals surface area contributed by atoms with Crippen LogP contribution >= 0.6 is 0 Å². The summed E-state index contributed by atoms with van der Waals surface area (Å²) in [5.41, 5.74) is 1.72. The quantitative estimate of drug-likeness (QED) is 0.693. The first-order chi connectivity index (χ1) is 10.3. The van der Waals surface area contributed by atoms with Crippen LogP contribution in [0.15, 0.2) is 18.2 Å². The van der Waals surface area contributed by atoms with E-state index in [1.807, 2.05) is 32.0 Å². The molecule has 0 fully saturated rings. The molecule has 0 saturated carbocycles. The number of aliphatic hydroxyl groups is 1. The van der Waals surface area contributed by atoms with Crippen molar-refractivity contribution in [2.24, 2.45) is 0 Å². The van der Waals surface area contributed by atoms with Gasteiger partial charge in [0.1, 0.15) is 11.4 Å². The van der Waals surface area contributed by atoms with Crippen molar-refractivity contribution in [2.75, 3.05) is 5.32 Å². The Morgan fingerprint density at radius 3 is 2.73 bits per heavy atom. The lowest BCUT2D eigenvalue weighted by molar-refractivity contribution is 0.0690. The van der Waals surface area contributed by atoms with Gasteiger partial charge in [-0.1, -0.05) is 12.1 Å². The minimum absolute atomic E-state index is 0.194. The predicted octanol–water partition coefficient (Wildman–Crippen LogP) is 1.97. The number of nitrogens with one attached hydrogen (secondary N) is 3. The van der Waals surface area contributed by atoms with Gasteiger partial charge < -0.3 is 15.7 Å². The van der Waals surface area contributed by atoms with E-state index in [1.54, 1.807) is 13.8 Å². The molecule has 0 spiro atoms. The van der Waals surface area contributed by atoms with Crippen LogP contribution in [0, 0.1) is 13.8 Å². The van der Waals surface area contributed by atoms with Crippen molar-refractivity contribution in [3.8, 4) is 0 Å². The fourth-order valence-electron chi connectivity index (χ4n) is 1.85. The summed E-state index contributed by atoms with van der Waals surface area (Å²) in [6.07, 6.45) is 0. The number of anilines is 1. The standard InChI is InChI=1S/C15H21N5O2/c1-9-5-6-10(2)11(7-9)17-14(21)16-8-12-18-13(20-19-12)15(3,4)22/h5-7,22H,8H2,1-4H3,(H2,16,17,21)(H,18,19,20). The summed E-state index contributed by atoms with van der Waals surface area (Å²) in [6.45, 7) is 7.29. The molecule has 0 aliphatic heterocycles. The van der Waals surface area contributed by atoms with Gasteiger partial charge in [-0.3, -0.25) is 5.10 Å². The van der Waals surface area contributed by atoms with Crippen LogP contribution in [0.5, 0.6) is 0 Å². The SMILES string of the molecule is Cc1ccc(C)c(NC(=O)NCc2nc(C(C)(C)O)n[nH]2)c1. The molecule has 0 unspecified atom stereocenters. The maximum absolute atomic E-state index is 11.9. The summed E-state index contributed by atoms with van der Waals surface area (Å²) >= 11 is 0. The molecular weight excluding hydrogens is 282 g/mol. The molecule has 7 heteroatoms. The van der Waals surface area contributed by atoms with Crippen molar-refractivity contribution < 1.29 is 9.90 Å². The third-order valence-electron chi connectivity index (χ3n) is 3.14. The van der Waals surface area contributed by atoms with Gasteiger partial charge in [-0.05, 0) is 44.9 Å². The monoisotopic (exact) mass is 303 g/mol. The zero-order valence-corrected chi connectivity index (χ0v) is 13.2. The van der Waals surface area contributed by atoms with E-state index >= 15 is 0 Å². The van der Waals surface area contributed by atoms with E-state index in [1.165, 1.54) is 0 Å². The maximum atomic E-state index is 11.9. The Bertz CT molecular complexity index is 673. The van der Waals surface area contributed by atoms with Gasteiger partial charge in [0, 0.05) is 5.69 Å². The first kappa shape index (κ1) is 16.0. The topological polar surface area (TPSA) is 103 Å². The molecule has 2 rings (SSSR count). The molecule has 0 radical (unpaired) electrons. The van der Waals surface area contributed by atoms with Crippen LogP contribution in [-0.2, 0) is 12.1 Å². The number of nitrogens with zero attached hydrogens (tertiary/aromatic N) is 2. The Morgan fingerprint density at radius 1 is 1.36 bits per heavy atom. The predicted molar refractivity (Wildman–Crippen MR) is 83.4 cm³/mol. The van der Waals surface area contributed by atoms with Crippen molar-refractivity contribution in [2.45, 2.75) is 39.8 Å². The van der Waals surface area contributed by atoms with Crippen LogP contribution in [0.1, 0.15) is 36.6 Å². The second-order valence-electron chi connectivity index (χ2n) is 5.79. The molecule has 2 aromatic rings. The van der Waals surface area contributed by atoms with Gasteiger partial charge in [-0.2, -0.15) is 5.10 Å². The normalized spacial score (nSPS) is 11.3. The zero-order valence-electron chi connectivity index (χ0n) is 13.2. The number of aromatic nitrogens is 3. The minimum Gasteiger partial charge on any atom is -0.382 e. The average molecular weight is 303 g/mol. The van der Waals surface area contributed by atoms with Gasteiger partial charge in [-0.15, -0.1) is 0 Å². The molecule has 118 valence electrons. The average Bonchev–Trinajstić information content (AvgIpc) is 2.89. The van der Waals surface area contributed by atoms with Crippen LogP contribution in [0.2, 0.25) is 0 Å². The number of carbonyl (C=O) groups excluding carboxylic acids is 1. The van der Waals surface area contributed by atoms with Crippen LogP contribution in [0.25, 0.3) is 0 Å². The maximum Gasteiger partial charge on any atom is 0.319 e. The second kappa shape index (κ2) is 6.15. The number of H-pyrrole nitrogens is 1. The molecule has 7 nitrogen and oxygen atoms in total. The Kier molecular flexibility index (Phi) is 4.46. The van der Waals surface area contributed by atoms with E-state index < -0.39 is 5.60 Å². The fourth-order valence-corrected chi connectivity index (χ4v) is 1.85. The highest BCUT2D eigenvalue weighted by Gasteiger charge is 2.21. The summed E-state index contributed by atoms with van der Waals surface area (Å²) in [4.78, 5) is 16.1. The fraction of sp³-hybridized carbons (Fsp3) is 0.400. The van der Waals surface area contributed by atoms with Gasteiger partial charge in [0.2, 0.25) is 0 Å². The van der Waals surface area contributed by atoms with Gasteiger partial charge in [-0.25, -0.2) is 9.78 Å². The van der Waals surface area contributed by atoms with Gasteiger partial charge in [0.25, 0.3) is 0 Å². The zero-order chi connectivity index (χ0) is 16.3. The Balaban J connectivity index is 1.93. The summed E-state index contributed by atoms with van der Waals surface area (Å²) in [7, 11) is 0.